The Bertz CT molecular complexity index is 1510. The first-order chi connectivity index (χ1) is 18.9. The van der Waals surface area contributed by atoms with Gasteiger partial charge in [-0.25, -0.2) is 9.48 Å². The number of aromatic nitrogens is 3. The van der Waals surface area contributed by atoms with Crippen molar-refractivity contribution in [3.8, 4) is 28.4 Å². The summed E-state index contributed by atoms with van der Waals surface area (Å²) in [6.45, 7) is 0. The third-order valence-electron chi connectivity index (χ3n) is 7.21. The molecule has 2 N–H and O–H groups in total. The number of carbonyl (C=O) groups excluding carboxylic acids is 1. The van der Waals surface area contributed by atoms with E-state index in [2.05, 4.69) is 15.4 Å². The summed E-state index contributed by atoms with van der Waals surface area (Å²) in [6.07, 6.45) is 6.16. The predicted molar refractivity (Wildman–Crippen MR) is 148 cm³/mol. The molecule has 10 heteroatoms. The average Bonchev–Trinajstić information content (AvgIpc) is 3.40. The van der Waals surface area contributed by atoms with E-state index in [9.17, 15) is 14.7 Å². The fourth-order valence-corrected chi connectivity index (χ4v) is 5.48. The van der Waals surface area contributed by atoms with Crippen LogP contribution in [0.15, 0.2) is 54.7 Å². The maximum atomic E-state index is 13.5. The maximum absolute atomic E-state index is 13.5. The normalized spacial score (nSPS) is 14.6. The molecular formula is C29H29ClN4O5. The topological polar surface area (TPSA) is 116 Å². The van der Waals surface area contributed by atoms with Gasteiger partial charge >= 0.3 is 5.97 Å². The minimum atomic E-state index is -1.04. The summed E-state index contributed by atoms with van der Waals surface area (Å²) in [5, 5.41) is 18.6. The lowest BCUT2D eigenvalue weighted by molar-refractivity contribution is -0.141. The second-order valence-corrected chi connectivity index (χ2v) is 9.98. The maximum Gasteiger partial charge on any atom is 0.326 e. The van der Waals surface area contributed by atoms with Crippen LogP contribution in [0.3, 0.4) is 0 Å². The molecule has 1 aliphatic carbocycles. The molecule has 1 atom stereocenters. The summed E-state index contributed by atoms with van der Waals surface area (Å²) < 4.78 is 12.9. The van der Waals surface area contributed by atoms with Crippen LogP contribution in [0, 0.1) is 5.92 Å². The van der Waals surface area contributed by atoms with Gasteiger partial charge in [0, 0.05) is 16.6 Å². The number of benzene rings is 2. The second kappa shape index (κ2) is 11.3. The highest BCUT2D eigenvalue weighted by Gasteiger charge is 2.32. The Hall–Kier alpha value is -4.11. The van der Waals surface area contributed by atoms with Gasteiger partial charge in [-0.05, 0) is 61.2 Å². The summed E-state index contributed by atoms with van der Waals surface area (Å²) in [5.74, 6) is -0.685. The van der Waals surface area contributed by atoms with Crippen molar-refractivity contribution in [2.75, 3.05) is 14.2 Å². The Morgan fingerprint density at radius 3 is 2.44 bits per heavy atom. The van der Waals surface area contributed by atoms with E-state index < -0.39 is 17.9 Å². The number of carboxylic acid groups (broad SMARTS) is 1. The first kappa shape index (κ1) is 26.5. The molecule has 2 aromatic heterocycles. The second-order valence-electron chi connectivity index (χ2n) is 9.54. The lowest BCUT2D eigenvalue weighted by atomic mass is 9.84. The van der Waals surface area contributed by atoms with Crippen molar-refractivity contribution in [2.24, 2.45) is 5.92 Å². The van der Waals surface area contributed by atoms with E-state index in [1.54, 1.807) is 67.6 Å². The Labute approximate surface area is 230 Å². The molecule has 2 aromatic carbocycles. The predicted octanol–water partition coefficient (Wildman–Crippen LogP) is 5.52. The molecule has 1 saturated carbocycles. The SMILES string of the molecule is COc1cccc(OC)c1-c1cc(C(=O)NC(C(=O)O)C2CCCCC2)nn1-c1ccnc2cc(Cl)ccc12. The lowest BCUT2D eigenvalue weighted by Gasteiger charge is -2.27. The van der Waals surface area contributed by atoms with Gasteiger partial charge in [-0.15, -0.1) is 0 Å². The molecular weight excluding hydrogens is 520 g/mol. The molecule has 0 spiro atoms. The smallest absolute Gasteiger partial charge is 0.326 e. The van der Waals surface area contributed by atoms with Gasteiger partial charge in [0.25, 0.3) is 5.91 Å². The van der Waals surface area contributed by atoms with Gasteiger partial charge in [0.1, 0.15) is 17.5 Å². The molecule has 1 aliphatic rings. The Balaban J connectivity index is 1.65. The Morgan fingerprint density at radius 2 is 1.77 bits per heavy atom. The summed E-state index contributed by atoms with van der Waals surface area (Å²) in [4.78, 5) is 30.1. The number of hydrogen-bond acceptors (Lipinski definition) is 6. The zero-order chi connectivity index (χ0) is 27.5. The van der Waals surface area contributed by atoms with E-state index in [4.69, 9.17) is 21.1 Å². The number of nitrogens with zero attached hydrogens (tertiary/aromatic N) is 3. The van der Waals surface area contributed by atoms with E-state index in [0.717, 1.165) is 37.5 Å². The molecule has 39 heavy (non-hydrogen) atoms. The highest BCUT2D eigenvalue weighted by Crippen LogP contribution is 2.40. The molecule has 0 bridgehead atoms. The van der Waals surface area contributed by atoms with Crippen LogP contribution in [0.25, 0.3) is 27.8 Å². The van der Waals surface area contributed by atoms with E-state index >= 15 is 0 Å². The number of nitrogens with one attached hydrogen (secondary N) is 1. The van der Waals surface area contributed by atoms with Crippen LogP contribution in [-0.2, 0) is 4.79 Å². The zero-order valence-electron chi connectivity index (χ0n) is 21.7. The van der Waals surface area contributed by atoms with Crippen LogP contribution in [0.2, 0.25) is 5.02 Å². The number of rotatable bonds is 8. The van der Waals surface area contributed by atoms with Crippen LogP contribution in [0.1, 0.15) is 42.6 Å². The molecule has 1 fully saturated rings. The summed E-state index contributed by atoms with van der Waals surface area (Å²) in [6, 6.07) is 13.2. The molecule has 1 amide bonds. The van der Waals surface area contributed by atoms with Crippen LogP contribution in [-0.4, -0.2) is 52.0 Å². The zero-order valence-corrected chi connectivity index (χ0v) is 22.4. The minimum Gasteiger partial charge on any atom is -0.496 e. The number of carbonyl (C=O) groups is 2. The van der Waals surface area contributed by atoms with Crippen molar-refractivity contribution in [1.82, 2.24) is 20.1 Å². The van der Waals surface area contributed by atoms with E-state index in [0.29, 0.717) is 39.0 Å². The molecule has 9 nitrogen and oxygen atoms in total. The van der Waals surface area contributed by atoms with Crippen molar-refractivity contribution in [2.45, 2.75) is 38.1 Å². The first-order valence-corrected chi connectivity index (χ1v) is 13.2. The van der Waals surface area contributed by atoms with Gasteiger partial charge in [0.05, 0.1) is 36.7 Å². The molecule has 0 saturated heterocycles. The van der Waals surface area contributed by atoms with Gasteiger partial charge in [-0.2, -0.15) is 5.10 Å². The highest BCUT2D eigenvalue weighted by atomic mass is 35.5. The fourth-order valence-electron chi connectivity index (χ4n) is 5.31. The van der Waals surface area contributed by atoms with Gasteiger partial charge in [-0.3, -0.25) is 9.78 Å². The van der Waals surface area contributed by atoms with Crippen LogP contribution < -0.4 is 14.8 Å². The number of fused-ring (bicyclic) bond motifs is 1. The third-order valence-corrected chi connectivity index (χ3v) is 7.44. The fraction of sp³-hybridized carbons (Fsp3) is 0.310. The average molecular weight is 549 g/mol. The van der Waals surface area contributed by atoms with Gasteiger partial charge in [0.2, 0.25) is 0 Å². The van der Waals surface area contributed by atoms with Crippen molar-refractivity contribution < 1.29 is 24.2 Å². The Kier molecular flexibility index (Phi) is 7.70. The molecule has 4 aromatic rings. The number of hydrogen-bond donors (Lipinski definition) is 2. The van der Waals surface area contributed by atoms with Crippen molar-refractivity contribution in [3.05, 3.63) is 65.4 Å². The van der Waals surface area contributed by atoms with Crippen molar-refractivity contribution in [3.63, 3.8) is 0 Å². The number of ether oxygens (including phenoxy) is 2. The number of aliphatic carboxylic acids is 1. The van der Waals surface area contributed by atoms with Crippen LogP contribution in [0.5, 0.6) is 11.5 Å². The Morgan fingerprint density at radius 1 is 1.05 bits per heavy atom. The van der Waals surface area contributed by atoms with E-state index in [1.807, 2.05) is 6.07 Å². The molecule has 2 heterocycles. The number of halogens is 1. The van der Waals surface area contributed by atoms with Crippen molar-refractivity contribution >= 4 is 34.4 Å². The van der Waals surface area contributed by atoms with Gasteiger partial charge in [-0.1, -0.05) is 36.9 Å². The van der Waals surface area contributed by atoms with Crippen molar-refractivity contribution in [1.29, 1.82) is 0 Å². The van der Waals surface area contributed by atoms with E-state index in [-0.39, 0.29) is 11.6 Å². The monoisotopic (exact) mass is 548 g/mol. The number of amides is 1. The van der Waals surface area contributed by atoms with E-state index in [1.165, 1.54) is 0 Å². The molecule has 0 radical (unpaired) electrons. The molecule has 5 rings (SSSR count). The summed E-state index contributed by atoms with van der Waals surface area (Å²) in [7, 11) is 3.11. The molecule has 1 unspecified atom stereocenters. The largest absolute Gasteiger partial charge is 0.496 e. The minimum absolute atomic E-state index is 0.0685. The first-order valence-electron chi connectivity index (χ1n) is 12.8. The highest BCUT2D eigenvalue weighted by molar-refractivity contribution is 6.31. The van der Waals surface area contributed by atoms with Gasteiger partial charge < -0.3 is 19.9 Å². The summed E-state index contributed by atoms with van der Waals surface area (Å²) >= 11 is 6.21. The number of pyridine rings is 1. The van der Waals surface area contributed by atoms with Gasteiger partial charge in [0.15, 0.2) is 5.69 Å². The standard InChI is InChI=1S/C29H29ClN4O5/c1-38-24-9-6-10-25(39-2)26(24)23-16-21(28(35)32-27(29(36)37)17-7-4-3-5-8-17)33-34(23)22-13-14-31-20-15-18(30)11-12-19(20)22/h6,9-17,27H,3-5,7-8H2,1-2H3,(H,32,35)(H,36,37). The molecule has 202 valence electrons. The quantitative estimate of drug-likeness (QED) is 0.298. The van der Waals surface area contributed by atoms with Crippen LogP contribution in [0.4, 0.5) is 0 Å². The number of carboxylic acids is 1. The van der Waals surface area contributed by atoms with Crippen LogP contribution >= 0.6 is 11.6 Å². The lowest BCUT2D eigenvalue weighted by Crippen LogP contribution is -2.46. The third kappa shape index (κ3) is 5.27. The summed E-state index contributed by atoms with van der Waals surface area (Å²) in [5.41, 5.74) is 2.50. The molecule has 0 aliphatic heterocycles. The number of methoxy groups -OCH3 is 2.